The molecule has 2 saturated heterocycles. The lowest BCUT2D eigenvalue weighted by atomic mass is 9.93. The second kappa shape index (κ2) is 21.2. The van der Waals surface area contributed by atoms with Crippen molar-refractivity contribution >= 4 is 40.0 Å². The normalized spacial score (nSPS) is 27.0. The number of nitrogens with zero attached hydrogens (tertiary/aromatic N) is 6. The number of aliphatic hydroxyl groups is 2. The molecule has 2 amide bonds. The van der Waals surface area contributed by atoms with Crippen LogP contribution in [0.1, 0.15) is 101 Å². The predicted octanol–water partition coefficient (Wildman–Crippen LogP) is 4.50. The monoisotopic (exact) mass is 977 g/mol. The number of ether oxygens (including phenoxy) is 3. The first-order valence-electron chi connectivity index (χ1n) is 24.8. The van der Waals surface area contributed by atoms with Crippen LogP contribution in [0.15, 0.2) is 70.5 Å². The average Bonchev–Trinajstić information content (AvgIpc) is 3.83. The first kappa shape index (κ1) is 51.2. The number of benzene rings is 2. The highest BCUT2D eigenvalue weighted by molar-refractivity contribution is 6.19. The summed E-state index contributed by atoms with van der Waals surface area (Å²) in [5, 5.41) is 49.7. The Kier molecular flexibility index (Phi) is 15.3. The number of allylic oxidation sites excluding steroid dienone is 3. The number of phenols is 2. The molecular formula is C53H67N7O11. The van der Waals surface area contributed by atoms with E-state index in [2.05, 4.69) is 33.9 Å². The van der Waals surface area contributed by atoms with Crippen LogP contribution in [0.5, 0.6) is 17.2 Å². The summed E-state index contributed by atoms with van der Waals surface area (Å²) in [4.78, 5) is 76.2. The number of amides is 2. The second-order valence-electron chi connectivity index (χ2n) is 20.2. The van der Waals surface area contributed by atoms with E-state index in [1.807, 2.05) is 18.2 Å². The van der Waals surface area contributed by atoms with Crippen molar-refractivity contribution in [2.75, 3.05) is 51.1 Å². The lowest BCUT2D eigenvalue weighted by Gasteiger charge is -2.36. The number of likely N-dealkylation sites (tertiary alicyclic amines) is 1. The summed E-state index contributed by atoms with van der Waals surface area (Å²) in [6, 6.07) is 5.75. The highest BCUT2D eigenvalue weighted by atomic mass is 16.7. The van der Waals surface area contributed by atoms with Crippen LogP contribution < -0.4 is 20.8 Å². The van der Waals surface area contributed by atoms with E-state index in [9.17, 15) is 39.6 Å². The van der Waals surface area contributed by atoms with E-state index < -0.39 is 65.5 Å². The van der Waals surface area contributed by atoms with Crippen molar-refractivity contribution in [1.82, 2.24) is 19.7 Å². The van der Waals surface area contributed by atoms with Crippen LogP contribution in [0, 0.1) is 18.8 Å². The molecule has 6 aliphatic rings. The second-order valence-corrected chi connectivity index (χ2v) is 20.2. The number of Topliss-reactive ketones (excluding diaryl/α,β-unsaturated/α-hetero) is 1. The summed E-state index contributed by atoms with van der Waals surface area (Å²) in [5.74, 6) is -5.06. The van der Waals surface area contributed by atoms with Crippen molar-refractivity contribution in [2.24, 2.45) is 21.8 Å². The number of pyridine rings is 1. The minimum atomic E-state index is -1.93. The van der Waals surface area contributed by atoms with Gasteiger partial charge in [0.1, 0.15) is 35.1 Å². The predicted molar refractivity (Wildman–Crippen MR) is 263 cm³/mol. The van der Waals surface area contributed by atoms with E-state index in [0.29, 0.717) is 64.6 Å². The molecule has 9 rings (SSSR count). The van der Waals surface area contributed by atoms with Gasteiger partial charge in [-0.3, -0.25) is 39.0 Å². The molecule has 7 heterocycles. The van der Waals surface area contributed by atoms with E-state index in [4.69, 9.17) is 24.2 Å². The van der Waals surface area contributed by atoms with E-state index >= 15 is 0 Å². The molecule has 5 N–H and O–H groups in total. The van der Waals surface area contributed by atoms with E-state index in [1.165, 1.54) is 13.2 Å². The zero-order valence-corrected chi connectivity index (χ0v) is 41.5. The molecule has 5 atom stereocenters. The maximum atomic E-state index is 14.7. The maximum absolute atomic E-state index is 14.7. The zero-order valence-electron chi connectivity index (χ0n) is 41.5. The third kappa shape index (κ3) is 11.2. The van der Waals surface area contributed by atoms with Crippen LogP contribution in [0.2, 0.25) is 0 Å². The van der Waals surface area contributed by atoms with Crippen molar-refractivity contribution < 1.29 is 53.8 Å². The van der Waals surface area contributed by atoms with Crippen molar-refractivity contribution in [3.63, 3.8) is 0 Å². The van der Waals surface area contributed by atoms with Gasteiger partial charge in [0.2, 0.25) is 5.91 Å². The van der Waals surface area contributed by atoms with Crippen LogP contribution in [0.25, 0.3) is 10.8 Å². The maximum Gasteiger partial charge on any atom is 0.315 e. The Morgan fingerprint density at radius 2 is 1.69 bits per heavy atom. The smallest absolute Gasteiger partial charge is 0.315 e. The van der Waals surface area contributed by atoms with Gasteiger partial charge in [-0.05, 0) is 57.2 Å². The van der Waals surface area contributed by atoms with Gasteiger partial charge < -0.3 is 49.8 Å². The number of carbonyl (C=O) groups excluding carboxylic acids is 4. The van der Waals surface area contributed by atoms with Gasteiger partial charge in [0.05, 0.1) is 40.5 Å². The summed E-state index contributed by atoms with van der Waals surface area (Å²) in [5.41, 5.74) is 0.347. The number of aromatic hydroxyl groups is 2. The van der Waals surface area contributed by atoms with Crippen LogP contribution in [-0.4, -0.2) is 139 Å². The van der Waals surface area contributed by atoms with Gasteiger partial charge in [0.25, 0.3) is 11.7 Å². The Labute approximate surface area is 413 Å². The number of rotatable bonds is 7. The molecule has 1 spiro atoms. The number of esters is 1. The zero-order chi connectivity index (χ0) is 50.8. The molecule has 71 heavy (non-hydrogen) atoms. The average molecular weight is 978 g/mol. The Morgan fingerprint density at radius 1 is 0.958 bits per heavy atom. The Bertz CT molecular complexity index is 2760. The molecule has 2 fully saturated rings. The van der Waals surface area contributed by atoms with Crippen LogP contribution in [0.4, 0.5) is 5.69 Å². The Hall–Kier alpha value is -6.21. The van der Waals surface area contributed by atoms with E-state index in [0.717, 1.165) is 12.2 Å². The summed E-state index contributed by atoms with van der Waals surface area (Å²) in [6.45, 7) is 15.8. The number of hydrogen-bond acceptors (Lipinski definition) is 16. The highest BCUT2D eigenvalue weighted by Gasteiger charge is 2.50. The quantitative estimate of drug-likeness (QED) is 0.125. The molecule has 0 saturated carbocycles. The molecule has 2 unspecified atom stereocenters. The number of carbonyl (C=O) groups is 4. The number of aromatic nitrogens is 1. The molecular weight excluding hydrogens is 911 g/mol. The molecule has 380 valence electrons. The van der Waals surface area contributed by atoms with Crippen LogP contribution in [-0.2, 0) is 30.4 Å². The molecule has 1 aromatic heterocycles. The highest BCUT2D eigenvalue weighted by Crippen LogP contribution is 2.50. The fourth-order valence-electron chi connectivity index (χ4n) is 10.1. The van der Waals surface area contributed by atoms with Crippen LogP contribution >= 0.6 is 0 Å². The molecule has 3 aromatic rings. The van der Waals surface area contributed by atoms with Gasteiger partial charge >= 0.3 is 11.8 Å². The third-order valence-electron chi connectivity index (χ3n) is 14.2. The number of hydrogen-bond donors (Lipinski definition) is 5. The van der Waals surface area contributed by atoms with Gasteiger partial charge in [0.15, 0.2) is 11.4 Å². The molecule has 0 radical (unpaired) electrons. The number of piperidine rings is 1. The van der Waals surface area contributed by atoms with Crippen molar-refractivity contribution in [1.29, 1.82) is 0 Å². The van der Waals surface area contributed by atoms with Crippen molar-refractivity contribution in [2.45, 2.75) is 123 Å². The van der Waals surface area contributed by atoms with Gasteiger partial charge in [-0.15, -0.1) is 0 Å². The number of nitrogens with one attached hydrogen (secondary N) is 1. The number of piperazine rings is 1. The summed E-state index contributed by atoms with van der Waals surface area (Å²) in [6.07, 6.45) is 7.49. The topological polar surface area (TPSA) is 236 Å². The third-order valence-corrected chi connectivity index (χ3v) is 14.2. The van der Waals surface area contributed by atoms with Gasteiger partial charge in [-0.25, -0.2) is 0 Å². The molecule has 5 bridgehead atoms. The fourth-order valence-corrected chi connectivity index (χ4v) is 10.1. The Balaban J connectivity index is 1.06. The number of ketones is 1. The van der Waals surface area contributed by atoms with E-state index in [1.54, 1.807) is 56.2 Å². The van der Waals surface area contributed by atoms with E-state index in [-0.39, 0.29) is 87.0 Å². The lowest BCUT2D eigenvalue weighted by molar-refractivity contribution is -0.155. The summed E-state index contributed by atoms with van der Waals surface area (Å²) < 4.78 is 18.2. The molecule has 2 aromatic carbocycles. The number of fused-ring (bicyclic) bond motifs is 13. The SMILES string of the molecule is C/C1=C/C=C/C(C)[C@H](O)CC(O)C[C@H](OC(=O)CC(=O)N2CCN(Cc3ccccn3)CC2)CC/C=C/O[C@@]2(C)Oc3c(C)c(O)c4c(O)c(c5c(c4c3C2=O)=NC2(CCN(CC(C)C)CC2)N=5)NC1=O. The molecule has 18 heteroatoms. The first-order chi connectivity index (χ1) is 33.8. The molecule has 6 aliphatic heterocycles. The fraction of sp³-hybridized carbons (Fsp3) is 0.528. The first-order valence-corrected chi connectivity index (χ1v) is 24.8. The standard InChI is InChI=1S/C53H67N7O11/c1-31(2)29-58-19-16-53(17-20-58)56-44-41-42-47(65)34(5)49-43(41)50(67)52(6,71-49)69-25-10-8-15-37(70-40(64)28-39(63)60-23-21-59(22-24-60)30-35-14-7-9-18-54-35)26-36(61)27-38(62)32(3)12-11-13-33(4)51(68)55-46(48(42)66)45(44)57-53/h7,9-14,18,25,31-32,36-38,61-62,65-66H,8,15-17,19-24,26-30H2,1-6H3,(H,55,68)/b12-11+,25-10+,33-13-/t32?,36?,37-,38-,52+/m1/s1. The minimum absolute atomic E-state index is 0.0363. The lowest BCUT2D eigenvalue weighted by Crippen LogP contribution is -2.48. The largest absolute Gasteiger partial charge is 0.507 e. The summed E-state index contributed by atoms with van der Waals surface area (Å²) >= 11 is 0. The minimum Gasteiger partial charge on any atom is -0.507 e. The molecule has 18 nitrogen and oxygen atoms in total. The number of aliphatic hydroxyl groups excluding tert-OH is 2. The van der Waals surface area contributed by atoms with Crippen molar-refractivity contribution in [3.05, 3.63) is 88.1 Å². The summed E-state index contributed by atoms with van der Waals surface area (Å²) in [7, 11) is 0. The van der Waals surface area contributed by atoms with Gasteiger partial charge in [0, 0.05) is 107 Å². The van der Waals surface area contributed by atoms with Gasteiger partial charge in [-0.2, -0.15) is 0 Å². The number of anilines is 1. The number of phenolic OH excluding ortho intramolecular Hbond substituents is 2. The Morgan fingerprint density at radius 3 is 2.39 bits per heavy atom. The van der Waals surface area contributed by atoms with Gasteiger partial charge in [-0.1, -0.05) is 45.1 Å². The van der Waals surface area contributed by atoms with Crippen molar-refractivity contribution in [3.8, 4) is 17.2 Å². The van der Waals surface area contributed by atoms with Crippen LogP contribution in [0.3, 0.4) is 0 Å². The molecule has 0 aliphatic carbocycles.